The van der Waals surface area contributed by atoms with Gasteiger partial charge >= 0.3 is 0 Å². The third kappa shape index (κ3) is 4.63. The van der Waals surface area contributed by atoms with Gasteiger partial charge < -0.3 is 19.7 Å². The van der Waals surface area contributed by atoms with Crippen molar-refractivity contribution in [1.29, 1.82) is 0 Å². The number of ether oxygens (including phenoxy) is 2. The summed E-state index contributed by atoms with van der Waals surface area (Å²) in [5.41, 5.74) is 1.76. The number of carbonyl (C=O) groups excluding carboxylic acids is 2. The van der Waals surface area contributed by atoms with Gasteiger partial charge in [-0.15, -0.1) is 11.3 Å². The molecule has 2 aliphatic rings. The van der Waals surface area contributed by atoms with E-state index in [0.717, 1.165) is 31.2 Å². The maximum absolute atomic E-state index is 13.3. The molecule has 0 saturated carbocycles. The Morgan fingerprint density at radius 1 is 1.17 bits per heavy atom. The maximum atomic E-state index is 13.3. The minimum atomic E-state index is -0.711. The van der Waals surface area contributed by atoms with E-state index in [1.807, 2.05) is 4.90 Å². The average molecular weight is 449 g/mol. The van der Waals surface area contributed by atoms with Crippen LogP contribution in [-0.2, 0) is 22.4 Å². The van der Waals surface area contributed by atoms with Crippen LogP contribution >= 0.6 is 22.9 Å². The van der Waals surface area contributed by atoms with E-state index in [1.54, 1.807) is 31.2 Å². The van der Waals surface area contributed by atoms with E-state index in [9.17, 15) is 9.59 Å². The number of nitrogens with zero attached hydrogens (tertiary/aromatic N) is 1. The molecule has 2 aromatic rings. The summed E-state index contributed by atoms with van der Waals surface area (Å²) in [6, 6.07) is 6.88. The lowest BCUT2D eigenvalue weighted by Crippen LogP contribution is -2.41. The molecule has 1 atom stereocenters. The van der Waals surface area contributed by atoms with Gasteiger partial charge in [-0.05, 0) is 62.4 Å². The van der Waals surface area contributed by atoms with Crippen LogP contribution in [0.15, 0.2) is 24.3 Å². The van der Waals surface area contributed by atoms with Crippen molar-refractivity contribution in [1.82, 2.24) is 4.90 Å². The number of aryl methyl sites for hydroxylation is 1. The van der Waals surface area contributed by atoms with Gasteiger partial charge in [0, 0.05) is 23.0 Å². The molecule has 6 nitrogen and oxygen atoms in total. The van der Waals surface area contributed by atoms with E-state index in [1.165, 1.54) is 16.2 Å². The highest BCUT2D eigenvalue weighted by atomic mass is 35.5. The number of nitrogens with one attached hydrogen (secondary N) is 1. The van der Waals surface area contributed by atoms with Crippen LogP contribution in [-0.4, -0.2) is 49.1 Å². The van der Waals surface area contributed by atoms with Crippen molar-refractivity contribution < 1.29 is 19.1 Å². The number of carbonyl (C=O) groups is 2. The lowest BCUT2D eigenvalue weighted by atomic mass is 9.95. The summed E-state index contributed by atoms with van der Waals surface area (Å²) in [6.07, 6.45) is 3.30. The molecular weight excluding hydrogens is 424 g/mol. The van der Waals surface area contributed by atoms with Crippen LogP contribution in [0, 0.1) is 0 Å². The quantitative estimate of drug-likeness (QED) is 0.745. The van der Waals surface area contributed by atoms with Crippen LogP contribution in [0.4, 0.5) is 5.00 Å². The van der Waals surface area contributed by atoms with Gasteiger partial charge in [0.15, 0.2) is 6.10 Å². The first-order valence-electron chi connectivity index (χ1n) is 10.3. The molecule has 0 spiro atoms. The molecule has 1 fully saturated rings. The van der Waals surface area contributed by atoms with Crippen LogP contribution in [0.5, 0.6) is 5.75 Å². The normalized spacial score (nSPS) is 17.2. The van der Waals surface area contributed by atoms with Crippen molar-refractivity contribution in [3.63, 3.8) is 0 Å². The number of rotatable bonds is 5. The molecule has 1 aliphatic carbocycles. The molecule has 1 saturated heterocycles. The first-order valence-corrected chi connectivity index (χ1v) is 11.5. The van der Waals surface area contributed by atoms with Crippen molar-refractivity contribution in [3.8, 4) is 5.75 Å². The van der Waals surface area contributed by atoms with Crippen molar-refractivity contribution >= 4 is 39.8 Å². The highest BCUT2D eigenvalue weighted by Gasteiger charge is 2.30. The van der Waals surface area contributed by atoms with E-state index in [2.05, 4.69) is 5.32 Å². The standard InChI is InChI=1S/C22H25ClN2O4S/c1-14(29-16-8-6-15(23)7-9-16)20(26)24-21-19(17-4-2-3-5-18(17)30-21)22(27)25-10-12-28-13-11-25/h6-9,14H,2-5,10-13H2,1H3,(H,24,26)/t14-/m1/s1. The number of anilines is 1. The Kier molecular flexibility index (Phi) is 6.61. The highest BCUT2D eigenvalue weighted by molar-refractivity contribution is 7.17. The van der Waals surface area contributed by atoms with Gasteiger partial charge in [-0.1, -0.05) is 11.6 Å². The first-order chi connectivity index (χ1) is 14.5. The van der Waals surface area contributed by atoms with Gasteiger partial charge in [-0.3, -0.25) is 9.59 Å². The monoisotopic (exact) mass is 448 g/mol. The molecule has 1 aromatic heterocycles. The molecule has 2 amide bonds. The third-order valence-corrected chi connectivity index (χ3v) is 6.88. The topological polar surface area (TPSA) is 67.9 Å². The maximum Gasteiger partial charge on any atom is 0.265 e. The van der Waals surface area contributed by atoms with Crippen molar-refractivity contribution in [3.05, 3.63) is 45.3 Å². The minimum Gasteiger partial charge on any atom is -0.481 e. The Hall–Kier alpha value is -2.09. The molecular formula is C22H25ClN2O4S. The molecule has 0 radical (unpaired) electrons. The molecule has 1 aliphatic heterocycles. The second-order valence-electron chi connectivity index (χ2n) is 7.52. The van der Waals surface area contributed by atoms with Gasteiger partial charge in [-0.2, -0.15) is 0 Å². The lowest BCUT2D eigenvalue weighted by molar-refractivity contribution is -0.122. The number of hydrogen-bond acceptors (Lipinski definition) is 5. The number of fused-ring (bicyclic) bond motifs is 1. The van der Waals surface area contributed by atoms with Gasteiger partial charge in [0.2, 0.25) is 0 Å². The summed E-state index contributed by atoms with van der Waals surface area (Å²) in [5.74, 6) is 0.274. The van der Waals surface area contributed by atoms with Gasteiger partial charge in [-0.25, -0.2) is 0 Å². The summed E-state index contributed by atoms with van der Waals surface area (Å²) in [6.45, 7) is 3.94. The summed E-state index contributed by atoms with van der Waals surface area (Å²) in [7, 11) is 0. The fourth-order valence-electron chi connectivity index (χ4n) is 3.79. The zero-order valence-electron chi connectivity index (χ0n) is 16.9. The molecule has 2 heterocycles. The Balaban J connectivity index is 1.53. The molecule has 0 unspecified atom stereocenters. The zero-order chi connectivity index (χ0) is 21.1. The van der Waals surface area contributed by atoms with E-state index in [4.69, 9.17) is 21.1 Å². The van der Waals surface area contributed by atoms with Crippen molar-refractivity contribution in [2.45, 2.75) is 38.7 Å². The molecule has 8 heteroatoms. The second-order valence-corrected chi connectivity index (χ2v) is 9.06. The summed E-state index contributed by atoms with van der Waals surface area (Å²) in [4.78, 5) is 29.2. The van der Waals surface area contributed by atoms with E-state index < -0.39 is 6.10 Å². The van der Waals surface area contributed by atoms with Crippen molar-refractivity contribution in [2.24, 2.45) is 0 Å². The number of thiophene rings is 1. The van der Waals surface area contributed by atoms with Crippen LogP contribution in [0.2, 0.25) is 5.02 Å². The van der Waals surface area contributed by atoms with Gasteiger partial charge in [0.25, 0.3) is 11.8 Å². The molecule has 1 aromatic carbocycles. The van der Waals surface area contributed by atoms with E-state index in [-0.39, 0.29) is 11.8 Å². The van der Waals surface area contributed by atoms with Crippen LogP contribution in [0.1, 0.15) is 40.6 Å². The predicted octanol–water partition coefficient (Wildman–Crippen LogP) is 4.16. The highest BCUT2D eigenvalue weighted by Crippen LogP contribution is 2.39. The Morgan fingerprint density at radius 3 is 2.60 bits per heavy atom. The molecule has 0 bridgehead atoms. The minimum absolute atomic E-state index is 0.0146. The van der Waals surface area contributed by atoms with E-state index in [0.29, 0.717) is 47.6 Å². The molecule has 1 N–H and O–H groups in total. The van der Waals surface area contributed by atoms with E-state index >= 15 is 0 Å². The van der Waals surface area contributed by atoms with Crippen LogP contribution < -0.4 is 10.1 Å². The zero-order valence-corrected chi connectivity index (χ0v) is 18.5. The predicted molar refractivity (Wildman–Crippen MR) is 118 cm³/mol. The van der Waals surface area contributed by atoms with Crippen molar-refractivity contribution in [2.75, 3.05) is 31.6 Å². The second kappa shape index (κ2) is 9.37. The fourth-order valence-corrected chi connectivity index (χ4v) is 5.20. The third-order valence-electron chi connectivity index (χ3n) is 5.42. The summed E-state index contributed by atoms with van der Waals surface area (Å²) in [5, 5.41) is 4.21. The number of benzene rings is 1. The lowest BCUT2D eigenvalue weighted by Gasteiger charge is -2.28. The smallest absolute Gasteiger partial charge is 0.265 e. The summed E-state index contributed by atoms with van der Waals surface area (Å²) >= 11 is 7.43. The Labute approximate surface area is 185 Å². The molecule has 160 valence electrons. The first kappa shape index (κ1) is 21.2. The van der Waals surface area contributed by atoms with Crippen LogP contribution in [0.25, 0.3) is 0 Å². The van der Waals surface area contributed by atoms with Crippen LogP contribution in [0.3, 0.4) is 0 Å². The van der Waals surface area contributed by atoms with Gasteiger partial charge in [0.1, 0.15) is 10.8 Å². The molecule has 30 heavy (non-hydrogen) atoms. The SMILES string of the molecule is C[C@@H](Oc1ccc(Cl)cc1)C(=O)Nc1sc2c(c1C(=O)N1CCOCC1)CCCC2. The number of amides is 2. The number of morpholine rings is 1. The Morgan fingerprint density at radius 2 is 1.87 bits per heavy atom. The Bertz CT molecular complexity index is 922. The van der Waals surface area contributed by atoms with Gasteiger partial charge in [0.05, 0.1) is 18.8 Å². The molecule has 4 rings (SSSR count). The number of hydrogen-bond donors (Lipinski definition) is 1. The fraction of sp³-hybridized carbons (Fsp3) is 0.455. The number of halogens is 1. The average Bonchev–Trinajstić information content (AvgIpc) is 3.13. The largest absolute Gasteiger partial charge is 0.481 e. The summed E-state index contributed by atoms with van der Waals surface area (Å²) < 4.78 is 11.1.